The molecule has 1 aromatic carbocycles. The zero-order valence-corrected chi connectivity index (χ0v) is 15.6. The highest BCUT2D eigenvalue weighted by atomic mass is 16.1. The van der Waals surface area contributed by atoms with Crippen LogP contribution in [0.3, 0.4) is 0 Å². The highest BCUT2D eigenvalue weighted by Crippen LogP contribution is 2.20. The average Bonchev–Trinajstić information content (AvgIpc) is 2.76. The first kappa shape index (κ1) is 18.0. The predicted molar refractivity (Wildman–Crippen MR) is 99.6 cm³/mol. The first-order valence-corrected chi connectivity index (χ1v) is 8.49. The number of nitrogens with one attached hydrogen (secondary N) is 1. The number of aromatic nitrogens is 2. The molecule has 0 saturated heterocycles. The quantitative estimate of drug-likeness (QED) is 0.883. The van der Waals surface area contributed by atoms with Gasteiger partial charge in [-0.25, -0.2) is 0 Å². The summed E-state index contributed by atoms with van der Waals surface area (Å²) in [5, 5.41) is 7.33. The average molecular weight is 328 g/mol. The van der Waals surface area contributed by atoms with Gasteiger partial charge in [0.25, 0.3) is 0 Å². The van der Waals surface area contributed by atoms with Crippen molar-refractivity contribution >= 4 is 17.3 Å². The summed E-state index contributed by atoms with van der Waals surface area (Å²) in [6, 6.07) is 8.48. The van der Waals surface area contributed by atoms with Crippen LogP contribution >= 0.6 is 0 Å². The minimum absolute atomic E-state index is 0.0156. The lowest BCUT2D eigenvalue weighted by Gasteiger charge is -2.27. The summed E-state index contributed by atoms with van der Waals surface area (Å²) < 4.78 is 1.82. The van der Waals surface area contributed by atoms with Crippen LogP contribution in [0.25, 0.3) is 0 Å². The summed E-state index contributed by atoms with van der Waals surface area (Å²) in [5.41, 5.74) is 4.94. The van der Waals surface area contributed by atoms with Crippen LogP contribution in [0.5, 0.6) is 0 Å². The Morgan fingerprint density at radius 1 is 1.25 bits per heavy atom. The van der Waals surface area contributed by atoms with E-state index in [0.717, 1.165) is 29.2 Å². The van der Waals surface area contributed by atoms with E-state index < -0.39 is 0 Å². The van der Waals surface area contributed by atoms with Crippen LogP contribution in [-0.2, 0) is 18.3 Å². The number of aryl methyl sites for hydroxylation is 2. The molecule has 130 valence electrons. The molecule has 5 nitrogen and oxygen atoms in total. The number of hydrogen-bond donors (Lipinski definition) is 1. The molecule has 0 bridgehead atoms. The zero-order valence-electron chi connectivity index (χ0n) is 15.6. The molecule has 0 aliphatic heterocycles. The summed E-state index contributed by atoms with van der Waals surface area (Å²) >= 11 is 0. The fourth-order valence-electron chi connectivity index (χ4n) is 3.02. The summed E-state index contributed by atoms with van der Waals surface area (Å²) in [4.78, 5) is 14.6. The van der Waals surface area contributed by atoms with Gasteiger partial charge in [0, 0.05) is 42.3 Å². The van der Waals surface area contributed by atoms with Crippen molar-refractivity contribution in [2.24, 2.45) is 7.05 Å². The van der Waals surface area contributed by atoms with Crippen molar-refractivity contribution < 1.29 is 4.79 Å². The normalized spacial score (nSPS) is 11.0. The topological polar surface area (TPSA) is 50.2 Å². The Bertz CT molecular complexity index is 701. The number of amides is 1. The molecule has 1 aromatic heterocycles. The minimum atomic E-state index is -0.0156. The van der Waals surface area contributed by atoms with Crippen molar-refractivity contribution in [2.75, 3.05) is 16.8 Å². The number of carbonyl (C=O) groups excluding carboxylic acids is 1. The zero-order chi connectivity index (χ0) is 17.9. The molecule has 0 radical (unpaired) electrons. The van der Waals surface area contributed by atoms with E-state index in [1.807, 2.05) is 37.7 Å². The summed E-state index contributed by atoms with van der Waals surface area (Å²) in [6.07, 6.45) is 0.348. The second kappa shape index (κ2) is 7.51. The first-order chi connectivity index (χ1) is 11.3. The molecule has 0 spiro atoms. The highest BCUT2D eigenvalue weighted by molar-refractivity contribution is 5.92. The van der Waals surface area contributed by atoms with E-state index in [9.17, 15) is 4.79 Å². The van der Waals surface area contributed by atoms with Gasteiger partial charge in [0.1, 0.15) is 0 Å². The first-order valence-electron chi connectivity index (χ1n) is 8.49. The van der Waals surface area contributed by atoms with Crippen molar-refractivity contribution in [2.45, 2.75) is 47.1 Å². The fourth-order valence-corrected chi connectivity index (χ4v) is 3.02. The third-order valence-electron chi connectivity index (χ3n) is 4.44. The Hall–Kier alpha value is -2.30. The number of rotatable bonds is 6. The SMILES string of the molecule is CCN(c1ccc(NC(=O)Cc2c(C)nn(C)c2C)cc1)C(C)C. The number of hydrogen-bond acceptors (Lipinski definition) is 3. The number of nitrogens with zero attached hydrogens (tertiary/aromatic N) is 3. The van der Waals surface area contributed by atoms with Crippen LogP contribution in [0.4, 0.5) is 11.4 Å². The second-order valence-electron chi connectivity index (χ2n) is 6.42. The van der Waals surface area contributed by atoms with E-state index in [1.165, 1.54) is 5.69 Å². The van der Waals surface area contributed by atoms with Crippen LogP contribution in [0.15, 0.2) is 24.3 Å². The molecule has 1 amide bonds. The number of anilines is 2. The van der Waals surface area contributed by atoms with Gasteiger partial charge in [-0.1, -0.05) is 0 Å². The van der Waals surface area contributed by atoms with E-state index in [-0.39, 0.29) is 5.91 Å². The van der Waals surface area contributed by atoms with Gasteiger partial charge in [0.05, 0.1) is 12.1 Å². The third kappa shape index (κ3) is 3.96. The van der Waals surface area contributed by atoms with Gasteiger partial charge in [-0.3, -0.25) is 9.48 Å². The van der Waals surface area contributed by atoms with Crippen molar-refractivity contribution in [3.8, 4) is 0 Å². The maximum atomic E-state index is 12.3. The number of carbonyl (C=O) groups is 1. The van der Waals surface area contributed by atoms with E-state index >= 15 is 0 Å². The lowest BCUT2D eigenvalue weighted by molar-refractivity contribution is -0.115. The van der Waals surface area contributed by atoms with Gasteiger partial charge in [0.2, 0.25) is 5.91 Å². The Labute approximate surface area is 144 Å². The van der Waals surface area contributed by atoms with Gasteiger partial charge in [-0.05, 0) is 58.9 Å². The van der Waals surface area contributed by atoms with E-state index in [4.69, 9.17) is 0 Å². The monoisotopic (exact) mass is 328 g/mol. The van der Waals surface area contributed by atoms with Crippen molar-refractivity contribution in [1.29, 1.82) is 0 Å². The van der Waals surface area contributed by atoms with Crippen LogP contribution in [0.1, 0.15) is 37.7 Å². The van der Waals surface area contributed by atoms with Crippen LogP contribution in [0.2, 0.25) is 0 Å². The molecule has 0 atom stereocenters. The Balaban J connectivity index is 2.04. The van der Waals surface area contributed by atoms with Gasteiger partial charge < -0.3 is 10.2 Å². The van der Waals surface area contributed by atoms with Gasteiger partial charge in [-0.2, -0.15) is 5.10 Å². The van der Waals surface area contributed by atoms with Crippen LogP contribution < -0.4 is 10.2 Å². The molecule has 2 rings (SSSR count). The third-order valence-corrected chi connectivity index (χ3v) is 4.44. The molecule has 0 saturated carbocycles. The fraction of sp³-hybridized carbons (Fsp3) is 0.474. The Morgan fingerprint density at radius 3 is 2.33 bits per heavy atom. The van der Waals surface area contributed by atoms with Gasteiger partial charge >= 0.3 is 0 Å². The predicted octanol–water partition coefficient (Wildman–Crippen LogP) is 3.45. The van der Waals surface area contributed by atoms with E-state index in [2.05, 4.69) is 48.2 Å². The van der Waals surface area contributed by atoms with E-state index in [0.29, 0.717) is 12.5 Å². The highest BCUT2D eigenvalue weighted by Gasteiger charge is 2.14. The van der Waals surface area contributed by atoms with E-state index in [1.54, 1.807) is 0 Å². The molecule has 0 aliphatic rings. The molecule has 24 heavy (non-hydrogen) atoms. The standard InChI is InChI=1S/C19H28N4O/c1-7-23(13(2)3)17-10-8-16(9-11-17)20-19(24)12-18-14(4)21-22(6)15(18)5/h8-11,13H,7,12H2,1-6H3,(H,20,24). The van der Waals surface area contributed by atoms with Crippen molar-refractivity contribution in [1.82, 2.24) is 9.78 Å². The summed E-state index contributed by atoms with van der Waals surface area (Å²) in [7, 11) is 1.90. The molecular formula is C19H28N4O. The summed E-state index contributed by atoms with van der Waals surface area (Å²) in [5.74, 6) is -0.0156. The lowest BCUT2D eigenvalue weighted by atomic mass is 10.1. The van der Waals surface area contributed by atoms with Crippen LogP contribution in [0, 0.1) is 13.8 Å². The van der Waals surface area contributed by atoms with Gasteiger partial charge in [0.15, 0.2) is 0 Å². The maximum absolute atomic E-state index is 12.3. The largest absolute Gasteiger partial charge is 0.369 e. The smallest absolute Gasteiger partial charge is 0.228 e. The molecule has 1 N–H and O–H groups in total. The summed E-state index contributed by atoms with van der Waals surface area (Å²) in [6.45, 7) is 11.4. The molecule has 0 unspecified atom stereocenters. The Kier molecular flexibility index (Phi) is 5.65. The molecule has 0 fully saturated rings. The van der Waals surface area contributed by atoms with Crippen molar-refractivity contribution in [3.63, 3.8) is 0 Å². The molecule has 2 aromatic rings. The van der Waals surface area contributed by atoms with Crippen molar-refractivity contribution in [3.05, 3.63) is 41.2 Å². The number of benzene rings is 1. The Morgan fingerprint density at radius 2 is 1.88 bits per heavy atom. The molecule has 0 aliphatic carbocycles. The molecule has 5 heteroatoms. The van der Waals surface area contributed by atoms with Crippen LogP contribution in [-0.4, -0.2) is 28.3 Å². The second-order valence-corrected chi connectivity index (χ2v) is 6.42. The molecular weight excluding hydrogens is 300 g/mol. The maximum Gasteiger partial charge on any atom is 0.228 e. The lowest BCUT2D eigenvalue weighted by Crippen LogP contribution is -2.30. The molecule has 1 heterocycles. The minimum Gasteiger partial charge on any atom is -0.369 e. The van der Waals surface area contributed by atoms with Gasteiger partial charge in [-0.15, -0.1) is 0 Å².